The maximum atomic E-state index is 6.17. The molecule has 0 spiro atoms. The van der Waals surface area contributed by atoms with Gasteiger partial charge in [-0.3, -0.25) is 4.68 Å². The average molecular weight is 356 g/mol. The number of likely N-dealkylation sites (N-methyl/N-ethyl adjacent to an activating group) is 1. The van der Waals surface area contributed by atoms with E-state index < -0.39 is 0 Å². The molecular formula is C18H24N6O2. The first kappa shape index (κ1) is 17.0. The van der Waals surface area contributed by atoms with E-state index in [-0.39, 0.29) is 0 Å². The van der Waals surface area contributed by atoms with Crippen LogP contribution in [0.25, 0.3) is 22.6 Å². The van der Waals surface area contributed by atoms with Gasteiger partial charge in [-0.25, -0.2) is 9.97 Å². The Hall–Kier alpha value is -2.45. The SMILES string of the molecule is CNCCn1nc(-c2cc3nc(C)nc(N4CCOCC4)c3o2)cc1C. The van der Waals surface area contributed by atoms with Gasteiger partial charge in [-0.1, -0.05) is 0 Å². The third kappa shape index (κ3) is 3.17. The van der Waals surface area contributed by atoms with E-state index >= 15 is 0 Å². The van der Waals surface area contributed by atoms with Crippen LogP contribution in [0.1, 0.15) is 11.5 Å². The zero-order valence-corrected chi connectivity index (χ0v) is 15.4. The van der Waals surface area contributed by atoms with Crippen molar-refractivity contribution in [2.24, 2.45) is 0 Å². The molecule has 1 fully saturated rings. The summed E-state index contributed by atoms with van der Waals surface area (Å²) in [5.41, 5.74) is 3.46. The fraction of sp³-hybridized carbons (Fsp3) is 0.500. The third-order valence-corrected chi connectivity index (χ3v) is 4.58. The summed E-state index contributed by atoms with van der Waals surface area (Å²) in [5, 5.41) is 7.82. The Morgan fingerprint density at radius 2 is 1.96 bits per heavy atom. The highest BCUT2D eigenvalue weighted by Crippen LogP contribution is 2.32. The summed E-state index contributed by atoms with van der Waals surface area (Å²) in [6.07, 6.45) is 0. The summed E-state index contributed by atoms with van der Waals surface area (Å²) in [4.78, 5) is 11.4. The van der Waals surface area contributed by atoms with Crippen LogP contribution in [-0.2, 0) is 11.3 Å². The molecule has 1 saturated heterocycles. The number of hydrogen-bond donors (Lipinski definition) is 1. The fourth-order valence-electron chi connectivity index (χ4n) is 3.22. The minimum Gasteiger partial charge on any atom is -0.449 e. The van der Waals surface area contributed by atoms with E-state index in [1.54, 1.807) is 0 Å². The maximum absolute atomic E-state index is 6.17. The summed E-state index contributed by atoms with van der Waals surface area (Å²) in [7, 11) is 1.94. The van der Waals surface area contributed by atoms with Gasteiger partial charge in [-0.05, 0) is 27.0 Å². The van der Waals surface area contributed by atoms with E-state index in [0.29, 0.717) is 13.2 Å². The molecule has 0 amide bonds. The van der Waals surface area contributed by atoms with Crippen LogP contribution in [0.15, 0.2) is 16.5 Å². The lowest BCUT2D eigenvalue weighted by atomic mass is 10.3. The van der Waals surface area contributed by atoms with Gasteiger partial charge in [0, 0.05) is 31.4 Å². The Kier molecular flexibility index (Phi) is 4.60. The number of nitrogens with one attached hydrogen (secondary N) is 1. The van der Waals surface area contributed by atoms with E-state index in [1.165, 1.54) is 0 Å². The molecule has 0 radical (unpaired) electrons. The molecular weight excluding hydrogens is 332 g/mol. The molecule has 0 aromatic carbocycles. The quantitative estimate of drug-likeness (QED) is 0.746. The summed E-state index contributed by atoms with van der Waals surface area (Å²) in [5.74, 6) is 2.30. The minimum absolute atomic E-state index is 0.702. The smallest absolute Gasteiger partial charge is 0.195 e. The second kappa shape index (κ2) is 7.05. The zero-order chi connectivity index (χ0) is 18.1. The van der Waals surface area contributed by atoms with Gasteiger partial charge in [0.25, 0.3) is 0 Å². The summed E-state index contributed by atoms with van der Waals surface area (Å²) in [6.45, 7) is 8.66. The Morgan fingerprint density at radius 1 is 1.15 bits per heavy atom. The first-order chi connectivity index (χ1) is 12.7. The van der Waals surface area contributed by atoms with Gasteiger partial charge in [0.05, 0.1) is 19.8 Å². The second-order valence-corrected chi connectivity index (χ2v) is 6.52. The number of nitrogens with zero attached hydrogens (tertiary/aromatic N) is 5. The van der Waals surface area contributed by atoms with Gasteiger partial charge in [-0.2, -0.15) is 5.10 Å². The Labute approximate surface area is 152 Å². The van der Waals surface area contributed by atoms with Crippen molar-refractivity contribution in [2.75, 3.05) is 44.8 Å². The van der Waals surface area contributed by atoms with E-state index in [9.17, 15) is 0 Å². The molecule has 0 unspecified atom stereocenters. The third-order valence-electron chi connectivity index (χ3n) is 4.58. The number of morpholine rings is 1. The maximum Gasteiger partial charge on any atom is 0.195 e. The Bertz CT molecular complexity index is 910. The Balaban J connectivity index is 1.73. The highest BCUT2D eigenvalue weighted by Gasteiger charge is 2.21. The minimum atomic E-state index is 0.702. The van der Waals surface area contributed by atoms with Crippen LogP contribution >= 0.6 is 0 Å². The van der Waals surface area contributed by atoms with Crippen LogP contribution in [0.2, 0.25) is 0 Å². The molecule has 26 heavy (non-hydrogen) atoms. The van der Waals surface area contributed by atoms with Crippen LogP contribution in [0.5, 0.6) is 0 Å². The van der Waals surface area contributed by atoms with Crippen LogP contribution in [-0.4, -0.2) is 59.6 Å². The van der Waals surface area contributed by atoms with E-state index in [4.69, 9.17) is 9.15 Å². The number of aryl methyl sites for hydroxylation is 2. The number of rotatable bonds is 5. The topological polar surface area (TPSA) is 81.2 Å². The average Bonchev–Trinajstić information content (AvgIpc) is 3.23. The highest BCUT2D eigenvalue weighted by atomic mass is 16.5. The lowest BCUT2D eigenvalue weighted by Gasteiger charge is -2.27. The van der Waals surface area contributed by atoms with E-state index in [0.717, 1.165) is 66.1 Å². The molecule has 3 aromatic heterocycles. The molecule has 0 aliphatic carbocycles. The van der Waals surface area contributed by atoms with E-state index in [1.807, 2.05) is 30.8 Å². The number of fused-ring (bicyclic) bond motifs is 1. The van der Waals surface area contributed by atoms with Crippen LogP contribution in [0.4, 0.5) is 5.82 Å². The van der Waals surface area contributed by atoms with Gasteiger partial charge >= 0.3 is 0 Å². The lowest BCUT2D eigenvalue weighted by molar-refractivity contribution is 0.122. The predicted molar refractivity (Wildman–Crippen MR) is 99.5 cm³/mol. The summed E-state index contributed by atoms with van der Waals surface area (Å²) < 4.78 is 13.6. The normalized spacial score (nSPS) is 15.1. The molecule has 0 bridgehead atoms. The van der Waals surface area contributed by atoms with Crippen molar-refractivity contribution < 1.29 is 9.15 Å². The Morgan fingerprint density at radius 3 is 2.73 bits per heavy atom. The number of hydrogen-bond acceptors (Lipinski definition) is 7. The van der Waals surface area contributed by atoms with Crippen LogP contribution in [0.3, 0.4) is 0 Å². The van der Waals surface area contributed by atoms with Gasteiger partial charge in [0.1, 0.15) is 17.0 Å². The molecule has 0 saturated carbocycles. The van der Waals surface area contributed by atoms with Gasteiger partial charge in [0.2, 0.25) is 0 Å². The molecule has 1 N–H and O–H groups in total. The second-order valence-electron chi connectivity index (χ2n) is 6.52. The molecule has 138 valence electrons. The number of ether oxygens (including phenoxy) is 1. The van der Waals surface area contributed by atoms with Gasteiger partial charge < -0.3 is 19.4 Å². The number of furan rings is 1. The van der Waals surface area contributed by atoms with Crippen LogP contribution in [0, 0.1) is 13.8 Å². The van der Waals surface area contributed by atoms with Crippen molar-refractivity contribution in [3.8, 4) is 11.5 Å². The van der Waals surface area contributed by atoms with Gasteiger partial charge in [0.15, 0.2) is 17.2 Å². The largest absolute Gasteiger partial charge is 0.449 e. The van der Waals surface area contributed by atoms with Crippen LogP contribution < -0.4 is 10.2 Å². The summed E-state index contributed by atoms with van der Waals surface area (Å²) in [6, 6.07) is 4.00. The first-order valence-corrected chi connectivity index (χ1v) is 8.96. The van der Waals surface area contributed by atoms with Crippen molar-refractivity contribution in [3.05, 3.63) is 23.7 Å². The molecule has 0 atom stereocenters. The van der Waals surface area contributed by atoms with Crippen molar-refractivity contribution in [1.29, 1.82) is 0 Å². The molecule has 4 heterocycles. The molecule has 8 nitrogen and oxygen atoms in total. The first-order valence-electron chi connectivity index (χ1n) is 8.96. The molecule has 3 aromatic rings. The monoisotopic (exact) mass is 356 g/mol. The lowest BCUT2D eigenvalue weighted by Crippen LogP contribution is -2.37. The van der Waals surface area contributed by atoms with Crippen molar-refractivity contribution >= 4 is 16.9 Å². The van der Waals surface area contributed by atoms with E-state index in [2.05, 4.69) is 32.2 Å². The van der Waals surface area contributed by atoms with Crippen molar-refractivity contribution in [1.82, 2.24) is 25.1 Å². The fourth-order valence-corrected chi connectivity index (χ4v) is 3.22. The van der Waals surface area contributed by atoms with Crippen molar-refractivity contribution in [2.45, 2.75) is 20.4 Å². The van der Waals surface area contributed by atoms with Gasteiger partial charge in [-0.15, -0.1) is 0 Å². The molecule has 8 heteroatoms. The molecule has 1 aliphatic heterocycles. The van der Waals surface area contributed by atoms with Crippen molar-refractivity contribution in [3.63, 3.8) is 0 Å². The predicted octanol–water partition coefficient (Wildman–Crippen LogP) is 1.76. The number of anilines is 1. The molecule has 4 rings (SSSR count). The standard InChI is InChI=1S/C18H24N6O2/c1-12-10-14(22-24(12)5-4-19-3)16-11-15-17(26-16)18(21-13(2)20-15)23-6-8-25-9-7-23/h10-11,19H,4-9H2,1-3H3. The zero-order valence-electron chi connectivity index (χ0n) is 15.4. The molecule has 1 aliphatic rings. The highest BCUT2D eigenvalue weighted by molar-refractivity contribution is 5.87. The number of aromatic nitrogens is 4. The summed E-state index contributed by atoms with van der Waals surface area (Å²) >= 11 is 0.